The number of hydrogen-bond donors (Lipinski definition) is 2. The first-order valence-corrected chi connectivity index (χ1v) is 8.20. The first kappa shape index (κ1) is 16.1. The molecule has 1 unspecified atom stereocenters. The minimum absolute atomic E-state index is 0.0391. The Morgan fingerprint density at radius 2 is 1.57 bits per heavy atom. The van der Waals surface area contributed by atoms with Gasteiger partial charge in [-0.05, 0) is 30.3 Å². The van der Waals surface area contributed by atoms with Crippen LogP contribution in [0, 0.1) is 0 Å². The van der Waals surface area contributed by atoms with Crippen LogP contribution in [0.3, 0.4) is 0 Å². The Hall–Kier alpha value is -4.07. The largest absolute Gasteiger partial charge is 0.508 e. The number of Topliss-reactive ketones (excluding diaryl/α,β-unsaturated/α-hetero) is 1. The molecule has 0 amide bonds. The number of furan rings is 1. The van der Waals surface area contributed by atoms with Gasteiger partial charge in [-0.1, -0.05) is 0 Å². The van der Waals surface area contributed by atoms with Gasteiger partial charge >= 0.3 is 11.6 Å². The summed E-state index contributed by atoms with van der Waals surface area (Å²) in [6.07, 6.45) is 0. The quantitative estimate of drug-likeness (QED) is 0.224. The van der Waals surface area contributed by atoms with E-state index in [1.807, 2.05) is 0 Å². The zero-order valence-corrected chi connectivity index (χ0v) is 14.0. The molecule has 1 aliphatic rings. The van der Waals surface area contributed by atoms with Crippen LogP contribution in [0.2, 0.25) is 0 Å². The van der Waals surface area contributed by atoms with Gasteiger partial charge in [0.15, 0.2) is 17.3 Å². The lowest BCUT2D eigenvalue weighted by molar-refractivity contribution is -0.135. The highest BCUT2D eigenvalue weighted by atomic mass is 16.5. The maximum absolute atomic E-state index is 12.8. The van der Waals surface area contributed by atoms with E-state index in [4.69, 9.17) is 13.6 Å². The first-order valence-electron chi connectivity index (χ1n) is 8.20. The van der Waals surface area contributed by atoms with E-state index >= 15 is 0 Å². The zero-order valence-electron chi connectivity index (χ0n) is 14.0. The molecule has 2 aromatic heterocycles. The number of rotatable bonds is 1. The van der Waals surface area contributed by atoms with Crippen molar-refractivity contribution < 1.29 is 33.4 Å². The van der Waals surface area contributed by atoms with Crippen LogP contribution >= 0.6 is 0 Å². The summed E-state index contributed by atoms with van der Waals surface area (Å²) < 4.78 is 16.0. The average molecular weight is 378 g/mol. The van der Waals surface area contributed by atoms with E-state index in [0.717, 1.165) is 0 Å². The Labute approximate surface area is 155 Å². The minimum Gasteiger partial charge on any atom is -0.508 e. The standard InChI is InChI=1S/C20H10O8/c21-8-1-3-10-13(5-8)28-20(25)16(17(10)23)15-7-12-18(26-15)11-4-2-9(22)6-14(11)27-19(12)24/h1-7,16,21-22H. The van der Waals surface area contributed by atoms with Crippen LogP contribution in [0.5, 0.6) is 17.2 Å². The molecule has 0 radical (unpaired) electrons. The van der Waals surface area contributed by atoms with Gasteiger partial charge in [-0.25, -0.2) is 4.79 Å². The van der Waals surface area contributed by atoms with Crippen molar-refractivity contribution in [2.24, 2.45) is 0 Å². The number of benzene rings is 2. The summed E-state index contributed by atoms with van der Waals surface area (Å²) in [4.78, 5) is 37.5. The van der Waals surface area contributed by atoms with Crippen molar-refractivity contribution >= 4 is 33.7 Å². The van der Waals surface area contributed by atoms with Crippen LogP contribution in [0.1, 0.15) is 22.0 Å². The van der Waals surface area contributed by atoms with E-state index in [0.29, 0.717) is 5.39 Å². The predicted octanol–water partition coefficient (Wildman–Crippen LogP) is 2.84. The summed E-state index contributed by atoms with van der Waals surface area (Å²) in [6, 6.07) is 9.27. The fraction of sp³-hybridized carbons (Fsp3) is 0.0500. The molecular formula is C20H10O8. The van der Waals surface area contributed by atoms with E-state index in [1.165, 1.54) is 42.5 Å². The van der Waals surface area contributed by atoms with E-state index in [-0.39, 0.29) is 45.1 Å². The molecule has 0 fully saturated rings. The van der Waals surface area contributed by atoms with Gasteiger partial charge in [0.05, 0.1) is 10.9 Å². The van der Waals surface area contributed by atoms with E-state index in [2.05, 4.69) is 0 Å². The molecule has 8 nitrogen and oxygen atoms in total. The van der Waals surface area contributed by atoms with Gasteiger partial charge in [0, 0.05) is 12.1 Å². The van der Waals surface area contributed by atoms with Crippen LogP contribution < -0.4 is 10.4 Å². The van der Waals surface area contributed by atoms with Crippen LogP contribution in [-0.4, -0.2) is 22.0 Å². The lowest BCUT2D eigenvalue weighted by Crippen LogP contribution is -2.31. The Morgan fingerprint density at radius 3 is 2.39 bits per heavy atom. The number of ether oxygens (including phenoxy) is 1. The zero-order chi connectivity index (χ0) is 19.6. The smallest absolute Gasteiger partial charge is 0.347 e. The molecule has 2 N–H and O–H groups in total. The second-order valence-electron chi connectivity index (χ2n) is 6.36. The van der Waals surface area contributed by atoms with Gasteiger partial charge in [-0.15, -0.1) is 0 Å². The van der Waals surface area contributed by atoms with Crippen molar-refractivity contribution in [2.45, 2.75) is 5.92 Å². The van der Waals surface area contributed by atoms with Gasteiger partial charge < -0.3 is 23.8 Å². The number of phenols is 2. The first-order chi connectivity index (χ1) is 13.4. The summed E-state index contributed by atoms with van der Waals surface area (Å²) in [5, 5.41) is 19.5. The number of ketones is 1. The normalized spacial score (nSPS) is 16.4. The molecule has 0 aliphatic carbocycles. The maximum atomic E-state index is 12.8. The van der Waals surface area contributed by atoms with Gasteiger partial charge in [0.25, 0.3) is 0 Å². The van der Waals surface area contributed by atoms with E-state index in [9.17, 15) is 24.6 Å². The second kappa shape index (κ2) is 5.46. The lowest BCUT2D eigenvalue weighted by Gasteiger charge is -2.20. The third-order valence-electron chi connectivity index (χ3n) is 4.61. The molecule has 0 bridgehead atoms. The molecular weight excluding hydrogens is 368 g/mol. The number of carbonyl (C=O) groups excluding carboxylic acids is 2. The van der Waals surface area contributed by atoms with Gasteiger partial charge in [-0.2, -0.15) is 0 Å². The number of phenolic OH excluding ortho intramolecular Hbond substituents is 2. The summed E-state index contributed by atoms with van der Waals surface area (Å²) in [5.74, 6) is -3.18. The fourth-order valence-corrected chi connectivity index (χ4v) is 3.32. The van der Waals surface area contributed by atoms with E-state index in [1.54, 1.807) is 0 Å². The summed E-state index contributed by atoms with van der Waals surface area (Å²) in [5.41, 5.74) is -0.371. The molecule has 0 saturated carbocycles. The molecule has 1 atom stereocenters. The number of carbonyl (C=O) groups is 2. The average Bonchev–Trinajstić information content (AvgIpc) is 3.06. The highest BCUT2D eigenvalue weighted by Crippen LogP contribution is 2.38. The molecule has 1 aliphatic heterocycles. The number of fused-ring (bicyclic) bond motifs is 4. The maximum Gasteiger partial charge on any atom is 0.347 e. The highest BCUT2D eigenvalue weighted by molar-refractivity contribution is 6.17. The molecule has 4 aromatic rings. The van der Waals surface area contributed by atoms with Gasteiger partial charge in [0.1, 0.15) is 34.0 Å². The van der Waals surface area contributed by atoms with Crippen LogP contribution in [0.4, 0.5) is 0 Å². The molecule has 0 saturated heterocycles. The number of aromatic hydroxyl groups is 2. The number of esters is 1. The molecule has 8 heteroatoms. The van der Waals surface area contributed by atoms with Crippen LogP contribution in [0.15, 0.2) is 56.1 Å². The molecule has 5 rings (SSSR count). The monoisotopic (exact) mass is 378 g/mol. The van der Waals surface area contributed by atoms with E-state index < -0.39 is 23.3 Å². The van der Waals surface area contributed by atoms with Crippen molar-refractivity contribution in [3.8, 4) is 17.2 Å². The van der Waals surface area contributed by atoms with Gasteiger partial charge in [-0.3, -0.25) is 9.59 Å². The Bertz CT molecular complexity index is 1370. The third kappa shape index (κ3) is 2.21. The molecule has 2 aromatic carbocycles. The van der Waals surface area contributed by atoms with Crippen molar-refractivity contribution in [1.29, 1.82) is 0 Å². The van der Waals surface area contributed by atoms with Crippen molar-refractivity contribution in [1.82, 2.24) is 0 Å². The second-order valence-corrected chi connectivity index (χ2v) is 6.36. The minimum atomic E-state index is -1.39. The van der Waals surface area contributed by atoms with Crippen LogP contribution in [0.25, 0.3) is 21.9 Å². The topological polar surface area (TPSA) is 127 Å². The fourth-order valence-electron chi connectivity index (χ4n) is 3.32. The number of hydrogen-bond acceptors (Lipinski definition) is 8. The molecule has 0 spiro atoms. The Kier molecular flexibility index (Phi) is 3.15. The van der Waals surface area contributed by atoms with Gasteiger partial charge in [0.2, 0.25) is 0 Å². The Morgan fingerprint density at radius 1 is 0.821 bits per heavy atom. The lowest BCUT2D eigenvalue weighted by atomic mass is 9.92. The summed E-state index contributed by atoms with van der Waals surface area (Å²) in [6.45, 7) is 0. The highest BCUT2D eigenvalue weighted by Gasteiger charge is 2.40. The summed E-state index contributed by atoms with van der Waals surface area (Å²) >= 11 is 0. The molecule has 138 valence electrons. The SMILES string of the molecule is O=C1Oc2cc(O)ccc2C(=O)C1c1cc2c(=O)oc3cc(O)ccc3c2o1. The van der Waals surface area contributed by atoms with Crippen molar-refractivity contribution in [3.63, 3.8) is 0 Å². The summed E-state index contributed by atoms with van der Waals surface area (Å²) in [7, 11) is 0. The predicted molar refractivity (Wildman–Crippen MR) is 94.7 cm³/mol. The van der Waals surface area contributed by atoms with Crippen LogP contribution in [-0.2, 0) is 4.79 Å². The molecule has 28 heavy (non-hydrogen) atoms. The Balaban J connectivity index is 1.71. The van der Waals surface area contributed by atoms with Crippen molar-refractivity contribution in [2.75, 3.05) is 0 Å². The van der Waals surface area contributed by atoms with Crippen molar-refractivity contribution in [3.05, 3.63) is 64.2 Å². The molecule has 3 heterocycles. The third-order valence-corrected chi connectivity index (χ3v) is 4.61.